The fraction of sp³-hybridized carbons (Fsp3) is 0.300. The molecule has 0 aliphatic carbocycles. The number of rotatable bonds is 6. The van der Waals surface area contributed by atoms with E-state index in [1.54, 1.807) is 46.3 Å². The number of amides is 2. The van der Waals surface area contributed by atoms with Crippen LogP contribution in [0.15, 0.2) is 36.0 Å². The van der Waals surface area contributed by atoms with Crippen LogP contribution in [-0.2, 0) is 22.6 Å². The Bertz CT molecular complexity index is 1060. The minimum absolute atomic E-state index is 0.0757. The maximum Gasteiger partial charge on any atom is 0.228 e. The minimum Gasteiger partial charge on any atom is -0.352 e. The molecule has 0 saturated carbocycles. The number of thiazole rings is 1. The number of hydrogen-bond donors (Lipinski definition) is 1. The predicted octanol–water partition coefficient (Wildman–Crippen LogP) is 2.76. The number of nitrogens with one attached hydrogen (secondary N) is 1. The second-order valence-electron chi connectivity index (χ2n) is 6.85. The number of benzene rings is 1. The average molecular weight is 413 g/mol. The summed E-state index contributed by atoms with van der Waals surface area (Å²) in [7, 11) is 0. The SMILES string of the molecule is Cc1nccn1-c1ccc(CNC(=O)Cc2csc(N3CCCC3=O)n2)cc1F. The lowest BCUT2D eigenvalue weighted by molar-refractivity contribution is -0.120. The van der Waals surface area contributed by atoms with Crippen LogP contribution < -0.4 is 10.2 Å². The van der Waals surface area contributed by atoms with E-state index < -0.39 is 0 Å². The van der Waals surface area contributed by atoms with Crippen molar-refractivity contribution in [2.75, 3.05) is 11.4 Å². The van der Waals surface area contributed by atoms with Gasteiger partial charge in [-0.15, -0.1) is 11.3 Å². The van der Waals surface area contributed by atoms with E-state index in [1.165, 1.54) is 17.4 Å². The topological polar surface area (TPSA) is 80.1 Å². The normalized spacial score (nSPS) is 13.9. The van der Waals surface area contributed by atoms with Crippen LogP contribution in [-0.4, -0.2) is 32.9 Å². The molecule has 1 fully saturated rings. The Morgan fingerprint density at radius 3 is 2.93 bits per heavy atom. The molecule has 1 aliphatic heterocycles. The molecule has 1 saturated heterocycles. The third kappa shape index (κ3) is 4.19. The summed E-state index contributed by atoms with van der Waals surface area (Å²) in [5.74, 6) is 0.191. The first kappa shape index (κ1) is 19.3. The van der Waals surface area contributed by atoms with Crippen LogP contribution in [0.5, 0.6) is 0 Å². The van der Waals surface area contributed by atoms with E-state index in [4.69, 9.17) is 0 Å². The standard InChI is InChI=1S/C20H20FN5O2S/c1-13-22-6-8-25(13)17-5-4-14(9-16(17)21)11-23-18(27)10-15-12-29-20(24-15)26-7-2-3-19(26)28/h4-6,8-9,12H,2-3,7,10-11H2,1H3,(H,23,27). The number of nitrogens with zero attached hydrogens (tertiary/aromatic N) is 4. The molecule has 0 radical (unpaired) electrons. The number of anilines is 1. The van der Waals surface area contributed by atoms with E-state index in [-0.39, 0.29) is 30.6 Å². The Balaban J connectivity index is 1.34. The molecule has 9 heteroatoms. The largest absolute Gasteiger partial charge is 0.352 e. The number of hydrogen-bond acceptors (Lipinski definition) is 5. The highest BCUT2D eigenvalue weighted by Crippen LogP contribution is 2.25. The summed E-state index contributed by atoms with van der Waals surface area (Å²) in [4.78, 5) is 34.2. The maximum atomic E-state index is 14.4. The lowest BCUT2D eigenvalue weighted by atomic mass is 10.2. The third-order valence-corrected chi connectivity index (χ3v) is 5.69. The molecule has 0 unspecified atom stereocenters. The van der Waals surface area contributed by atoms with Crippen molar-refractivity contribution in [3.8, 4) is 5.69 Å². The van der Waals surface area contributed by atoms with Gasteiger partial charge in [0.1, 0.15) is 11.6 Å². The van der Waals surface area contributed by atoms with Gasteiger partial charge in [-0.2, -0.15) is 0 Å². The van der Waals surface area contributed by atoms with Crippen LogP contribution in [0.4, 0.5) is 9.52 Å². The molecule has 1 N–H and O–H groups in total. The number of aromatic nitrogens is 3. The van der Waals surface area contributed by atoms with Crippen molar-refractivity contribution in [1.82, 2.24) is 19.9 Å². The van der Waals surface area contributed by atoms with Crippen LogP contribution in [0, 0.1) is 12.7 Å². The van der Waals surface area contributed by atoms with Gasteiger partial charge in [0.15, 0.2) is 5.13 Å². The first-order valence-corrected chi connectivity index (χ1v) is 10.2. The molecule has 0 atom stereocenters. The Hall–Kier alpha value is -3.07. The zero-order chi connectivity index (χ0) is 20.4. The van der Waals surface area contributed by atoms with E-state index in [9.17, 15) is 14.0 Å². The third-order valence-electron chi connectivity index (χ3n) is 4.77. The fourth-order valence-electron chi connectivity index (χ4n) is 3.27. The van der Waals surface area contributed by atoms with Crippen molar-refractivity contribution >= 4 is 28.3 Å². The molecule has 0 bridgehead atoms. The highest BCUT2D eigenvalue weighted by Gasteiger charge is 2.24. The van der Waals surface area contributed by atoms with Gasteiger partial charge in [-0.05, 0) is 31.0 Å². The van der Waals surface area contributed by atoms with Gasteiger partial charge in [0.25, 0.3) is 0 Å². The van der Waals surface area contributed by atoms with Crippen LogP contribution in [0.25, 0.3) is 5.69 Å². The maximum absolute atomic E-state index is 14.4. The molecule has 1 aliphatic rings. The number of aryl methyl sites for hydroxylation is 1. The van der Waals surface area contributed by atoms with Gasteiger partial charge in [0.05, 0.1) is 17.8 Å². The van der Waals surface area contributed by atoms with Crippen LogP contribution in [0.1, 0.15) is 29.9 Å². The summed E-state index contributed by atoms with van der Waals surface area (Å²) in [6, 6.07) is 4.86. The highest BCUT2D eigenvalue weighted by molar-refractivity contribution is 7.14. The summed E-state index contributed by atoms with van der Waals surface area (Å²) >= 11 is 1.37. The number of carbonyl (C=O) groups excluding carboxylic acids is 2. The molecule has 7 nitrogen and oxygen atoms in total. The van der Waals surface area contributed by atoms with E-state index in [0.717, 1.165) is 6.42 Å². The first-order valence-electron chi connectivity index (χ1n) is 9.31. The second kappa shape index (κ2) is 8.12. The lowest BCUT2D eigenvalue weighted by Gasteiger charge is -2.10. The number of halogens is 1. The molecule has 3 aromatic rings. The average Bonchev–Trinajstić information content (AvgIpc) is 3.42. The fourth-order valence-corrected chi connectivity index (χ4v) is 4.14. The lowest BCUT2D eigenvalue weighted by Crippen LogP contribution is -2.25. The van der Waals surface area contributed by atoms with Crippen LogP contribution in [0.2, 0.25) is 0 Å². The van der Waals surface area contributed by atoms with Gasteiger partial charge in [-0.3, -0.25) is 14.5 Å². The van der Waals surface area contributed by atoms with E-state index in [2.05, 4.69) is 15.3 Å². The van der Waals surface area contributed by atoms with Crippen molar-refractivity contribution in [2.45, 2.75) is 32.7 Å². The molecule has 2 aromatic heterocycles. The van der Waals surface area contributed by atoms with E-state index >= 15 is 0 Å². The smallest absolute Gasteiger partial charge is 0.228 e. The van der Waals surface area contributed by atoms with Gasteiger partial charge in [0, 0.05) is 37.3 Å². The minimum atomic E-state index is -0.378. The molecular formula is C20H20FN5O2S. The van der Waals surface area contributed by atoms with Gasteiger partial charge in [-0.1, -0.05) is 6.07 Å². The summed E-state index contributed by atoms with van der Waals surface area (Å²) in [6.07, 6.45) is 4.82. The Morgan fingerprint density at radius 2 is 2.24 bits per heavy atom. The Kier molecular flexibility index (Phi) is 5.39. The van der Waals surface area contributed by atoms with Crippen molar-refractivity contribution in [2.24, 2.45) is 0 Å². The summed E-state index contributed by atoms with van der Waals surface area (Å²) < 4.78 is 16.1. The molecule has 150 valence electrons. The first-order chi connectivity index (χ1) is 14.0. The van der Waals surface area contributed by atoms with E-state index in [1.807, 2.05) is 0 Å². The zero-order valence-electron chi connectivity index (χ0n) is 15.9. The van der Waals surface area contributed by atoms with Gasteiger partial charge in [-0.25, -0.2) is 14.4 Å². The van der Waals surface area contributed by atoms with Gasteiger partial charge in [0.2, 0.25) is 11.8 Å². The monoisotopic (exact) mass is 413 g/mol. The Morgan fingerprint density at radius 1 is 1.38 bits per heavy atom. The molecule has 2 amide bonds. The molecule has 3 heterocycles. The highest BCUT2D eigenvalue weighted by atomic mass is 32.1. The van der Waals surface area contributed by atoms with Crippen molar-refractivity contribution in [3.63, 3.8) is 0 Å². The second-order valence-corrected chi connectivity index (χ2v) is 7.69. The molecule has 4 rings (SSSR count). The molecule has 0 spiro atoms. The molecule has 1 aromatic carbocycles. The number of imidazole rings is 1. The summed E-state index contributed by atoms with van der Waals surface area (Å²) in [5, 5.41) is 5.22. The summed E-state index contributed by atoms with van der Waals surface area (Å²) in [6.45, 7) is 2.70. The molecule has 29 heavy (non-hydrogen) atoms. The van der Waals surface area contributed by atoms with E-state index in [0.29, 0.717) is 40.9 Å². The predicted molar refractivity (Wildman–Crippen MR) is 108 cm³/mol. The van der Waals surface area contributed by atoms with Crippen molar-refractivity contribution in [3.05, 3.63) is 58.9 Å². The number of carbonyl (C=O) groups is 2. The summed E-state index contributed by atoms with van der Waals surface area (Å²) in [5.41, 5.74) is 1.71. The van der Waals surface area contributed by atoms with Crippen molar-refractivity contribution < 1.29 is 14.0 Å². The van der Waals surface area contributed by atoms with Crippen LogP contribution in [0.3, 0.4) is 0 Å². The van der Waals surface area contributed by atoms with Crippen molar-refractivity contribution in [1.29, 1.82) is 0 Å². The van der Waals surface area contributed by atoms with Gasteiger partial charge >= 0.3 is 0 Å². The quantitative estimate of drug-likeness (QED) is 0.674. The molecular weight excluding hydrogens is 393 g/mol. The Labute approximate surface area is 171 Å². The zero-order valence-corrected chi connectivity index (χ0v) is 16.7. The van der Waals surface area contributed by atoms with Gasteiger partial charge < -0.3 is 9.88 Å². The van der Waals surface area contributed by atoms with Crippen LogP contribution >= 0.6 is 11.3 Å².